The molecule has 0 saturated carbocycles. The van der Waals surface area contributed by atoms with Crippen LogP contribution in [0.2, 0.25) is 0 Å². The van der Waals surface area contributed by atoms with Gasteiger partial charge in [-0.25, -0.2) is 0 Å². The molecule has 0 bridgehead atoms. The van der Waals surface area contributed by atoms with Gasteiger partial charge in [0.05, 0.1) is 0 Å². The van der Waals surface area contributed by atoms with E-state index in [9.17, 15) is 3.08 Å². The van der Waals surface area contributed by atoms with E-state index in [1.165, 1.54) is 0 Å². The van der Waals surface area contributed by atoms with Gasteiger partial charge in [-0.3, -0.25) is 0 Å². The molecule has 1 aromatic rings. The van der Waals surface area contributed by atoms with Gasteiger partial charge in [0.1, 0.15) is 0 Å². The monoisotopic (exact) mass is 214 g/mol. The zero-order chi connectivity index (χ0) is 5.82. The molecule has 0 aliphatic carbocycles. The van der Waals surface area contributed by atoms with Crippen molar-refractivity contribution in [1.82, 2.24) is 0 Å². The van der Waals surface area contributed by atoms with Gasteiger partial charge in [0.25, 0.3) is 0 Å². The second kappa shape index (κ2) is 2.97. The van der Waals surface area contributed by atoms with Gasteiger partial charge >= 0.3 is 58.1 Å². The van der Waals surface area contributed by atoms with E-state index in [0.717, 1.165) is 3.58 Å². The summed E-state index contributed by atoms with van der Waals surface area (Å²) in [6.45, 7) is 0. The first-order chi connectivity index (χ1) is 3.93. The number of benzene rings is 1. The maximum absolute atomic E-state index is 10.3. The molecular weight excluding hydrogens is 207 g/mol. The van der Waals surface area contributed by atoms with Crippen LogP contribution in [0, 0.1) is 0 Å². The van der Waals surface area contributed by atoms with Crippen LogP contribution in [0.15, 0.2) is 30.3 Å². The molecule has 0 spiro atoms. The van der Waals surface area contributed by atoms with Gasteiger partial charge in [-0.1, -0.05) is 0 Å². The Labute approximate surface area is 58.3 Å². The molecule has 8 heavy (non-hydrogen) atoms. The van der Waals surface area contributed by atoms with Crippen LogP contribution in [0.4, 0.5) is 0 Å². The Balaban J connectivity index is 2.99. The molecule has 1 nitrogen and oxygen atoms in total. The van der Waals surface area contributed by atoms with Crippen LogP contribution in [-0.4, -0.2) is 21.1 Å². The van der Waals surface area contributed by atoms with E-state index in [1.54, 1.807) is 0 Å². The number of rotatable bonds is 1. The van der Waals surface area contributed by atoms with E-state index in [4.69, 9.17) is 0 Å². The Kier molecular flexibility index (Phi) is 2.21. The summed E-state index contributed by atoms with van der Waals surface area (Å²) in [4.78, 5) is 0. The fourth-order valence-corrected chi connectivity index (χ4v) is 1.61. The summed E-state index contributed by atoms with van der Waals surface area (Å²) in [5, 5.41) is 0. The van der Waals surface area contributed by atoms with Crippen molar-refractivity contribution in [3.63, 3.8) is 0 Å². The first-order valence-corrected chi connectivity index (χ1v) is 5.43. The summed E-state index contributed by atoms with van der Waals surface area (Å²) in [5.41, 5.74) is 0. The predicted octanol–water partition coefficient (Wildman–Crippen LogP) is 0.0939. The van der Waals surface area contributed by atoms with Crippen molar-refractivity contribution in [1.29, 1.82) is 0 Å². The SMILES string of the molecule is [O]=[SnH][c]1ccccc1. The Hall–Kier alpha value is -0.181. The summed E-state index contributed by atoms with van der Waals surface area (Å²) < 4.78 is 11.4. The molecule has 40 valence electrons. The summed E-state index contributed by atoms with van der Waals surface area (Å²) >= 11 is -1.54. The summed E-state index contributed by atoms with van der Waals surface area (Å²) in [6, 6.07) is 9.59. The van der Waals surface area contributed by atoms with Crippen molar-refractivity contribution in [3.05, 3.63) is 30.3 Å². The van der Waals surface area contributed by atoms with Gasteiger partial charge in [-0.2, -0.15) is 0 Å². The van der Waals surface area contributed by atoms with E-state index in [2.05, 4.69) is 0 Å². The predicted molar refractivity (Wildman–Crippen MR) is 33.9 cm³/mol. The minimum atomic E-state index is -1.54. The normalized spacial score (nSPS) is 8.50. The molecule has 0 unspecified atom stereocenters. The number of hydrogen-bond donors (Lipinski definition) is 0. The molecule has 0 radical (unpaired) electrons. The fraction of sp³-hybridized carbons (Fsp3) is 0. The average Bonchev–Trinajstić information content (AvgIpc) is 1.90. The van der Waals surface area contributed by atoms with Crippen LogP contribution < -0.4 is 3.58 Å². The van der Waals surface area contributed by atoms with E-state index < -0.39 is 21.1 Å². The zero-order valence-corrected chi connectivity index (χ0v) is 7.67. The van der Waals surface area contributed by atoms with Crippen LogP contribution in [-0.2, 0) is 3.08 Å². The minimum absolute atomic E-state index is 1.04. The molecular formula is C6H6OSn. The molecule has 2 heteroatoms. The molecule has 0 aromatic heterocycles. The van der Waals surface area contributed by atoms with Crippen LogP contribution in [0.1, 0.15) is 0 Å². The van der Waals surface area contributed by atoms with Crippen molar-refractivity contribution in [3.8, 4) is 0 Å². The zero-order valence-electron chi connectivity index (χ0n) is 4.37. The topological polar surface area (TPSA) is 17.1 Å². The molecule has 1 rings (SSSR count). The first kappa shape index (κ1) is 5.95. The Morgan fingerprint density at radius 2 is 1.75 bits per heavy atom. The molecule has 0 N–H and O–H groups in total. The Bertz CT molecular complexity index is 171. The molecule has 0 aliphatic rings. The van der Waals surface area contributed by atoms with E-state index in [1.807, 2.05) is 30.3 Å². The third-order valence-corrected chi connectivity index (χ3v) is 2.81. The molecule has 0 heterocycles. The van der Waals surface area contributed by atoms with Crippen LogP contribution >= 0.6 is 0 Å². The Morgan fingerprint density at radius 1 is 1.12 bits per heavy atom. The molecule has 0 saturated heterocycles. The first-order valence-electron chi connectivity index (χ1n) is 2.44. The Morgan fingerprint density at radius 3 is 2.12 bits per heavy atom. The van der Waals surface area contributed by atoms with E-state index >= 15 is 0 Å². The van der Waals surface area contributed by atoms with E-state index in [0.29, 0.717) is 0 Å². The van der Waals surface area contributed by atoms with Gasteiger partial charge in [0, 0.05) is 0 Å². The van der Waals surface area contributed by atoms with Gasteiger partial charge in [0.2, 0.25) is 0 Å². The van der Waals surface area contributed by atoms with Crippen LogP contribution in [0.25, 0.3) is 0 Å². The summed E-state index contributed by atoms with van der Waals surface area (Å²) in [6.07, 6.45) is 0. The summed E-state index contributed by atoms with van der Waals surface area (Å²) in [5.74, 6) is 0. The van der Waals surface area contributed by atoms with Crippen LogP contribution in [0.5, 0.6) is 0 Å². The second-order valence-electron chi connectivity index (χ2n) is 1.53. The fourth-order valence-electron chi connectivity index (χ4n) is 0.532. The quantitative estimate of drug-likeness (QED) is 0.604. The van der Waals surface area contributed by atoms with Gasteiger partial charge in [-0.05, 0) is 0 Å². The van der Waals surface area contributed by atoms with Gasteiger partial charge < -0.3 is 0 Å². The van der Waals surface area contributed by atoms with Crippen molar-refractivity contribution >= 4 is 24.7 Å². The average molecular weight is 213 g/mol. The molecule has 1 aromatic carbocycles. The third-order valence-electron chi connectivity index (χ3n) is 0.936. The van der Waals surface area contributed by atoms with Gasteiger partial charge in [0.15, 0.2) is 0 Å². The molecule has 0 amide bonds. The second-order valence-corrected chi connectivity index (χ2v) is 4.10. The van der Waals surface area contributed by atoms with Crippen molar-refractivity contribution in [2.24, 2.45) is 0 Å². The number of hydrogen-bond acceptors (Lipinski definition) is 1. The summed E-state index contributed by atoms with van der Waals surface area (Å²) in [7, 11) is 0. The van der Waals surface area contributed by atoms with Crippen molar-refractivity contribution in [2.75, 3.05) is 0 Å². The molecule has 0 fully saturated rings. The third kappa shape index (κ3) is 1.40. The standard InChI is InChI=1S/C6H5.O.Sn.H/c1-2-4-6-5-3-1;;;/h1-5H;;;. The molecule has 0 aliphatic heterocycles. The van der Waals surface area contributed by atoms with Crippen LogP contribution in [0.3, 0.4) is 0 Å². The van der Waals surface area contributed by atoms with Gasteiger partial charge in [-0.15, -0.1) is 0 Å². The van der Waals surface area contributed by atoms with E-state index in [-0.39, 0.29) is 0 Å². The van der Waals surface area contributed by atoms with Crippen molar-refractivity contribution in [2.45, 2.75) is 0 Å². The van der Waals surface area contributed by atoms with Crippen molar-refractivity contribution < 1.29 is 3.08 Å². The molecule has 0 atom stereocenters. The maximum atomic E-state index is 10.3.